The number of rotatable bonds is 3. The highest BCUT2D eigenvalue weighted by atomic mass is 35.5. The van der Waals surface area contributed by atoms with Gasteiger partial charge in [-0.05, 0) is 36.8 Å². The molecule has 5 heteroatoms. The first-order valence-electron chi connectivity index (χ1n) is 6.24. The van der Waals surface area contributed by atoms with E-state index in [1.165, 1.54) is 0 Å². The Labute approximate surface area is 123 Å². The van der Waals surface area contributed by atoms with Crippen LogP contribution in [0.25, 0.3) is 0 Å². The number of urea groups is 1. The molecule has 2 aromatic rings. The quantitative estimate of drug-likeness (QED) is 0.936. The third-order valence-electron chi connectivity index (χ3n) is 2.91. The molecular formula is C15H16ClN3O. The molecule has 0 aliphatic carbocycles. The average molecular weight is 290 g/mol. The molecule has 0 saturated heterocycles. The van der Waals surface area contributed by atoms with Gasteiger partial charge < -0.3 is 10.2 Å². The number of nitrogens with one attached hydrogen (secondary N) is 1. The van der Waals surface area contributed by atoms with Crippen LogP contribution >= 0.6 is 11.6 Å². The van der Waals surface area contributed by atoms with E-state index in [9.17, 15) is 4.79 Å². The zero-order valence-electron chi connectivity index (χ0n) is 11.4. The van der Waals surface area contributed by atoms with Crippen molar-refractivity contribution in [3.63, 3.8) is 0 Å². The lowest BCUT2D eigenvalue weighted by Crippen LogP contribution is -2.31. The Hall–Kier alpha value is -2.07. The van der Waals surface area contributed by atoms with Crippen molar-refractivity contribution in [2.24, 2.45) is 0 Å². The first kappa shape index (κ1) is 14.3. The first-order valence-corrected chi connectivity index (χ1v) is 6.62. The summed E-state index contributed by atoms with van der Waals surface area (Å²) in [5.41, 5.74) is 2.53. The molecule has 20 heavy (non-hydrogen) atoms. The Morgan fingerprint density at radius 3 is 2.85 bits per heavy atom. The summed E-state index contributed by atoms with van der Waals surface area (Å²) in [6, 6.07) is 10.8. The molecule has 0 saturated carbocycles. The van der Waals surface area contributed by atoms with Crippen LogP contribution in [0, 0.1) is 6.92 Å². The number of benzene rings is 1. The highest BCUT2D eigenvalue weighted by Gasteiger charge is 2.11. The lowest BCUT2D eigenvalue weighted by atomic mass is 10.2. The maximum Gasteiger partial charge on any atom is 0.321 e. The van der Waals surface area contributed by atoms with Gasteiger partial charge in [-0.3, -0.25) is 4.98 Å². The van der Waals surface area contributed by atoms with Gasteiger partial charge in [0.15, 0.2) is 0 Å². The molecule has 0 bridgehead atoms. The molecule has 0 fully saturated rings. The van der Waals surface area contributed by atoms with Crippen LogP contribution in [0.2, 0.25) is 5.02 Å². The molecule has 0 atom stereocenters. The molecule has 1 aromatic heterocycles. The monoisotopic (exact) mass is 289 g/mol. The number of aromatic nitrogens is 1. The van der Waals surface area contributed by atoms with Crippen molar-refractivity contribution in [3.05, 3.63) is 58.9 Å². The summed E-state index contributed by atoms with van der Waals surface area (Å²) in [5, 5.41) is 3.44. The van der Waals surface area contributed by atoms with E-state index < -0.39 is 0 Å². The lowest BCUT2D eigenvalue weighted by molar-refractivity contribution is 0.220. The summed E-state index contributed by atoms with van der Waals surface area (Å²) >= 11 is 5.93. The van der Waals surface area contributed by atoms with Gasteiger partial charge in [-0.15, -0.1) is 0 Å². The van der Waals surface area contributed by atoms with Gasteiger partial charge in [-0.1, -0.05) is 23.7 Å². The molecule has 0 unspecified atom stereocenters. The van der Waals surface area contributed by atoms with Crippen LogP contribution in [0.5, 0.6) is 0 Å². The van der Waals surface area contributed by atoms with Gasteiger partial charge in [-0.25, -0.2) is 4.79 Å². The van der Waals surface area contributed by atoms with Crippen LogP contribution in [0.1, 0.15) is 11.3 Å². The lowest BCUT2D eigenvalue weighted by Gasteiger charge is -2.18. The maximum atomic E-state index is 12.1. The number of anilines is 1. The Bertz CT molecular complexity index is 601. The van der Waals surface area contributed by atoms with Crippen molar-refractivity contribution in [1.29, 1.82) is 0 Å². The second-order valence-corrected chi connectivity index (χ2v) is 5.00. The molecule has 0 aliphatic heterocycles. The third kappa shape index (κ3) is 3.71. The zero-order chi connectivity index (χ0) is 14.5. The average Bonchev–Trinajstić information content (AvgIpc) is 2.44. The van der Waals surface area contributed by atoms with Gasteiger partial charge in [0.1, 0.15) is 0 Å². The summed E-state index contributed by atoms with van der Waals surface area (Å²) in [6.07, 6.45) is 1.71. The van der Waals surface area contributed by atoms with E-state index >= 15 is 0 Å². The minimum atomic E-state index is -0.194. The summed E-state index contributed by atoms with van der Waals surface area (Å²) in [4.78, 5) is 17.9. The van der Waals surface area contributed by atoms with E-state index in [-0.39, 0.29) is 6.03 Å². The molecule has 1 N–H and O–H groups in total. The SMILES string of the molecule is Cc1ccc(Cl)cc1NC(=O)N(C)Cc1ccccn1. The maximum absolute atomic E-state index is 12.1. The molecular weight excluding hydrogens is 274 g/mol. The van der Waals surface area contributed by atoms with Crippen LogP contribution in [-0.2, 0) is 6.54 Å². The van der Waals surface area contributed by atoms with Gasteiger partial charge in [0, 0.05) is 24.0 Å². The molecule has 0 radical (unpaired) electrons. The number of hydrogen-bond donors (Lipinski definition) is 1. The van der Waals surface area contributed by atoms with Crippen molar-refractivity contribution in [2.75, 3.05) is 12.4 Å². The Kier molecular flexibility index (Phi) is 4.58. The number of aryl methyl sites for hydroxylation is 1. The number of carbonyl (C=O) groups excluding carboxylic acids is 1. The van der Waals surface area contributed by atoms with Crippen molar-refractivity contribution in [3.8, 4) is 0 Å². The van der Waals surface area contributed by atoms with E-state index in [2.05, 4.69) is 10.3 Å². The minimum Gasteiger partial charge on any atom is -0.322 e. The van der Waals surface area contributed by atoms with Crippen molar-refractivity contribution in [1.82, 2.24) is 9.88 Å². The normalized spacial score (nSPS) is 10.2. The fourth-order valence-corrected chi connectivity index (χ4v) is 1.92. The van der Waals surface area contributed by atoms with Crippen molar-refractivity contribution >= 4 is 23.3 Å². The predicted octanol–water partition coefficient (Wildman–Crippen LogP) is 3.71. The van der Waals surface area contributed by atoms with Crippen molar-refractivity contribution < 1.29 is 4.79 Å². The first-order chi connectivity index (χ1) is 9.56. The van der Waals surface area contributed by atoms with Crippen LogP contribution < -0.4 is 5.32 Å². The zero-order valence-corrected chi connectivity index (χ0v) is 12.2. The number of halogens is 1. The number of hydrogen-bond acceptors (Lipinski definition) is 2. The second-order valence-electron chi connectivity index (χ2n) is 4.57. The Morgan fingerprint density at radius 2 is 2.15 bits per heavy atom. The molecule has 0 aliphatic rings. The van der Waals surface area contributed by atoms with Crippen molar-refractivity contribution in [2.45, 2.75) is 13.5 Å². The molecule has 0 spiro atoms. The Balaban J connectivity index is 2.02. The van der Waals surface area contributed by atoms with E-state index in [4.69, 9.17) is 11.6 Å². The second kappa shape index (κ2) is 6.39. The fourth-order valence-electron chi connectivity index (χ4n) is 1.75. The molecule has 1 aromatic carbocycles. The number of pyridine rings is 1. The number of nitrogens with zero attached hydrogens (tertiary/aromatic N) is 2. The summed E-state index contributed by atoms with van der Waals surface area (Å²) in [5.74, 6) is 0. The molecule has 2 amide bonds. The van der Waals surface area contributed by atoms with Gasteiger partial charge in [-0.2, -0.15) is 0 Å². The van der Waals surface area contributed by atoms with E-state index in [0.717, 1.165) is 16.9 Å². The molecule has 4 nitrogen and oxygen atoms in total. The molecule has 1 heterocycles. The standard InChI is InChI=1S/C15H16ClN3O/c1-11-6-7-12(16)9-14(11)18-15(20)19(2)10-13-5-3-4-8-17-13/h3-9H,10H2,1-2H3,(H,18,20). The summed E-state index contributed by atoms with van der Waals surface area (Å²) in [6.45, 7) is 2.37. The highest BCUT2D eigenvalue weighted by molar-refractivity contribution is 6.31. The van der Waals surface area contributed by atoms with Crippen LogP contribution in [0.4, 0.5) is 10.5 Å². The van der Waals surface area contributed by atoms with E-state index in [1.54, 1.807) is 30.3 Å². The third-order valence-corrected chi connectivity index (χ3v) is 3.15. The highest BCUT2D eigenvalue weighted by Crippen LogP contribution is 2.20. The van der Waals surface area contributed by atoms with Crippen LogP contribution in [0.15, 0.2) is 42.6 Å². The number of carbonyl (C=O) groups is 1. The van der Waals surface area contributed by atoms with E-state index in [0.29, 0.717) is 11.6 Å². The predicted molar refractivity (Wildman–Crippen MR) is 80.9 cm³/mol. The van der Waals surface area contributed by atoms with Gasteiger partial charge in [0.25, 0.3) is 0 Å². The van der Waals surface area contributed by atoms with E-state index in [1.807, 2.05) is 31.2 Å². The van der Waals surface area contributed by atoms with Crippen LogP contribution in [-0.4, -0.2) is 23.0 Å². The smallest absolute Gasteiger partial charge is 0.321 e. The summed E-state index contributed by atoms with van der Waals surface area (Å²) in [7, 11) is 1.73. The number of amides is 2. The van der Waals surface area contributed by atoms with Gasteiger partial charge in [0.2, 0.25) is 0 Å². The van der Waals surface area contributed by atoms with Gasteiger partial charge in [0.05, 0.1) is 12.2 Å². The Morgan fingerprint density at radius 1 is 1.35 bits per heavy atom. The fraction of sp³-hybridized carbons (Fsp3) is 0.200. The topological polar surface area (TPSA) is 45.2 Å². The summed E-state index contributed by atoms with van der Waals surface area (Å²) < 4.78 is 0. The minimum absolute atomic E-state index is 0.194. The van der Waals surface area contributed by atoms with Crippen LogP contribution in [0.3, 0.4) is 0 Å². The largest absolute Gasteiger partial charge is 0.322 e. The molecule has 2 rings (SSSR count). The molecule has 104 valence electrons. The van der Waals surface area contributed by atoms with Gasteiger partial charge >= 0.3 is 6.03 Å².